The molecule has 0 radical (unpaired) electrons. The molecule has 1 rings (SSSR count). The van der Waals surface area contributed by atoms with Crippen molar-refractivity contribution in [1.82, 2.24) is 4.90 Å². The monoisotopic (exact) mass is 161 g/mol. The Labute approximate surface area is 66.1 Å². The molecule has 3 N–H and O–H groups in total. The van der Waals surface area contributed by atoms with E-state index in [2.05, 4.69) is 0 Å². The van der Waals surface area contributed by atoms with Crippen LogP contribution >= 0.6 is 0 Å². The van der Waals surface area contributed by atoms with Crippen molar-refractivity contribution in [2.75, 3.05) is 26.2 Å². The molecular formula is C7H15NO3. The highest BCUT2D eigenvalue weighted by Crippen LogP contribution is 2.08. The Morgan fingerprint density at radius 3 is 2.73 bits per heavy atom. The molecule has 11 heavy (non-hydrogen) atoms. The van der Waals surface area contributed by atoms with Crippen LogP contribution in [0.2, 0.25) is 0 Å². The van der Waals surface area contributed by atoms with E-state index in [-0.39, 0.29) is 12.7 Å². The Bertz CT molecular complexity index is 120. The molecule has 0 aromatic heterocycles. The van der Waals surface area contributed by atoms with Gasteiger partial charge in [0.1, 0.15) is 0 Å². The number of aliphatic hydroxyl groups excluding tert-OH is 3. The van der Waals surface area contributed by atoms with Gasteiger partial charge in [0.05, 0.1) is 18.8 Å². The zero-order chi connectivity index (χ0) is 8.27. The molecule has 1 unspecified atom stereocenters. The second kappa shape index (κ2) is 4.01. The molecule has 0 spiro atoms. The first-order chi connectivity index (χ1) is 5.22. The lowest BCUT2D eigenvalue weighted by Crippen LogP contribution is -2.33. The number of rotatable bonds is 3. The van der Waals surface area contributed by atoms with E-state index in [9.17, 15) is 0 Å². The molecule has 4 nitrogen and oxygen atoms in total. The fourth-order valence-electron chi connectivity index (χ4n) is 1.33. The summed E-state index contributed by atoms with van der Waals surface area (Å²) in [7, 11) is 0. The van der Waals surface area contributed by atoms with E-state index in [0.717, 1.165) is 13.0 Å². The van der Waals surface area contributed by atoms with E-state index in [0.29, 0.717) is 13.1 Å². The second-order valence-corrected chi connectivity index (χ2v) is 3.04. The summed E-state index contributed by atoms with van der Waals surface area (Å²) in [5, 5.41) is 26.7. The van der Waals surface area contributed by atoms with Gasteiger partial charge in [0.15, 0.2) is 0 Å². The molecule has 0 amide bonds. The number of nitrogens with zero attached hydrogens (tertiary/aromatic N) is 1. The third kappa shape index (κ3) is 2.75. The van der Waals surface area contributed by atoms with Gasteiger partial charge in [0, 0.05) is 19.6 Å². The molecule has 2 atom stereocenters. The number of likely N-dealkylation sites (tertiary alicyclic amines) is 1. The van der Waals surface area contributed by atoms with Crippen LogP contribution < -0.4 is 0 Å². The smallest absolute Gasteiger partial charge is 0.0897 e. The van der Waals surface area contributed by atoms with Gasteiger partial charge in [0.2, 0.25) is 0 Å². The van der Waals surface area contributed by atoms with Crippen molar-refractivity contribution in [1.29, 1.82) is 0 Å². The van der Waals surface area contributed by atoms with E-state index in [4.69, 9.17) is 15.3 Å². The Balaban J connectivity index is 2.17. The van der Waals surface area contributed by atoms with Gasteiger partial charge < -0.3 is 15.3 Å². The predicted octanol–water partition coefficient (Wildman–Crippen LogP) is -1.59. The Morgan fingerprint density at radius 1 is 1.55 bits per heavy atom. The summed E-state index contributed by atoms with van der Waals surface area (Å²) in [6.45, 7) is 1.70. The maximum absolute atomic E-state index is 9.10. The summed E-state index contributed by atoms with van der Waals surface area (Å²) >= 11 is 0. The van der Waals surface area contributed by atoms with Crippen LogP contribution in [0.15, 0.2) is 0 Å². The summed E-state index contributed by atoms with van der Waals surface area (Å²) in [6.07, 6.45) is -0.140. The van der Waals surface area contributed by atoms with Gasteiger partial charge in [-0.05, 0) is 6.42 Å². The number of hydrogen-bond donors (Lipinski definition) is 3. The number of β-amino-alcohol motifs (C(OH)–C–C–N with tert-alkyl or cyclic N) is 2. The van der Waals surface area contributed by atoms with E-state index in [1.165, 1.54) is 0 Å². The first kappa shape index (κ1) is 8.93. The number of aliphatic hydroxyl groups is 3. The molecule has 1 saturated heterocycles. The van der Waals surface area contributed by atoms with Gasteiger partial charge in [0.25, 0.3) is 0 Å². The number of hydrogen-bond acceptors (Lipinski definition) is 4. The van der Waals surface area contributed by atoms with Crippen LogP contribution in [0.1, 0.15) is 6.42 Å². The molecule has 1 aliphatic rings. The quantitative estimate of drug-likeness (QED) is 0.467. The third-order valence-corrected chi connectivity index (χ3v) is 1.93. The topological polar surface area (TPSA) is 63.9 Å². The predicted molar refractivity (Wildman–Crippen MR) is 40.2 cm³/mol. The minimum Gasteiger partial charge on any atom is -0.394 e. The van der Waals surface area contributed by atoms with Crippen LogP contribution in [0, 0.1) is 0 Å². The Morgan fingerprint density at radius 2 is 2.27 bits per heavy atom. The van der Waals surface area contributed by atoms with E-state index >= 15 is 0 Å². The van der Waals surface area contributed by atoms with E-state index in [1.54, 1.807) is 0 Å². The van der Waals surface area contributed by atoms with E-state index in [1.807, 2.05) is 4.90 Å². The minimum absolute atomic E-state index is 0.202. The van der Waals surface area contributed by atoms with Crippen LogP contribution in [0.25, 0.3) is 0 Å². The zero-order valence-corrected chi connectivity index (χ0v) is 6.48. The first-order valence-electron chi connectivity index (χ1n) is 3.91. The second-order valence-electron chi connectivity index (χ2n) is 3.04. The molecule has 0 aliphatic carbocycles. The van der Waals surface area contributed by atoms with Crippen molar-refractivity contribution < 1.29 is 15.3 Å². The highest BCUT2D eigenvalue weighted by Gasteiger charge is 2.21. The molecule has 1 aliphatic heterocycles. The normalized spacial score (nSPS) is 29.2. The molecule has 1 fully saturated rings. The molecule has 66 valence electrons. The maximum atomic E-state index is 9.10. The summed E-state index contributed by atoms with van der Waals surface area (Å²) in [5.74, 6) is 0. The standard InChI is InChI=1S/C7H15NO3/c9-5-7(11)4-8-2-1-6(10)3-8/h6-7,9-11H,1-5H2/t6-,7?/m1/s1. The molecule has 4 heteroatoms. The van der Waals surface area contributed by atoms with Crippen molar-refractivity contribution in [2.45, 2.75) is 18.6 Å². The van der Waals surface area contributed by atoms with Crippen molar-refractivity contribution >= 4 is 0 Å². The summed E-state index contributed by atoms with van der Waals surface area (Å²) < 4.78 is 0. The fraction of sp³-hybridized carbons (Fsp3) is 1.00. The van der Waals surface area contributed by atoms with Crippen molar-refractivity contribution in [3.63, 3.8) is 0 Å². The van der Waals surface area contributed by atoms with Crippen LogP contribution in [0.3, 0.4) is 0 Å². The molecule has 0 bridgehead atoms. The average Bonchev–Trinajstić information content (AvgIpc) is 2.35. The Kier molecular flexibility index (Phi) is 3.26. The molecular weight excluding hydrogens is 146 g/mol. The zero-order valence-electron chi connectivity index (χ0n) is 6.48. The largest absolute Gasteiger partial charge is 0.394 e. The van der Waals surface area contributed by atoms with Gasteiger partial charge in [-0.3, -0.25) is 4.90 Å². The van der Waals surface area contributed by atoms with Crippen LogP contribution in [-0.2, 0) is 0 Å². The van der Waals surface area contributed by atoms with Gasteiger partial charge in [-0.15, -0.1) is 0 Å². The van der Waals surface area contributed by atoms with Crippen molar-refractivity contribution in [3.8, 4) is 0 Å². The average molecular weight is 161 g/mol. The lowest BCUT2D eigenvalue weighted by atomic mass is 10.3. The van der Waals surface area contributed by atoms with Crippen LogP contribution in [-0.4, -0.2) is 58.7 Å². The minimum atomic E-state index is -0.666. The summed E-state index contributed by atoms with van der Waals surface area (Å²) in [4.78, 5) is 1.95. The maximum Gasteiger partial charge on any atom is 0.0897 e. The molecule has 0 aromatic carbocycles. The third-order valence-electron chi connectivity index (χ3n) is 1.93. The SMILES string of the molecule is OCC(O)CN1CC[C@@H](O)C1. The first-order valence-corrected chi connectivity index (χ1v) is 3.91. The van der Waals surface area contributed by atoms with Gasteiger partial charge in [-0.1, -0.05) is 0 Å². The van der Waals surface area contributed by atoms with E-state index < -0.39 is 6.10 Å². The lowest BCUT2D eigenvalue weighted by molar-refractivity contribution is 0.0617. The summed E-state index contributed by atoms with van der Waals surface area (Å²) in [5.41, 5.74) is 0. The van der Waals surface area contributed by atoms with Crippen molar-refractivity contribution in [2.24, 2.45) is 0 Å². The van der Waals surface area contributed by atoms with Gasteiger partial charge >= 0.3 is 0 Å². The lowest BCUT2D eigenvalue weighted by Gasteiger charge is -2.17. The molecule has 0 aromatic rings. The van der Waals surface area contributed by atoms with Crippen molar-refractivity contribution in [3.05, 3.63) is 0 Å². The fourth-order valence-corrected chi connectivity index (χ4v) is 1.33. The highest BCUT2D eigenvalue weighted by atomic mass is 16.3. The van der Waals surface area contributed by atoms with Crippen LogP contribution in [0.5, 0.6) is 0 Å². The van der Waals surface area contributed by atoms with Gasteiger partial charge in [-0.2, -0.15) is 0 Å². The molecule has 0 saturated carbocycles. The van der Waals surface area contributed by atoms with Crippen LogP contribution in [0.4, 0.5) is 0 Å². The highest BCUT2D eigenvalue weighted by molar-refractivity contribution is 4.75. The summed E-state index contributed by atoms with van der Waals surface area (Å²) in [6, 6.07) is 0. The Hall–Kier alpha value is -0.160. The molecule has 1 heterocycles. The van der Waals surface area contributed by atoms with Gasteiger partial charge in [-0.25, -0.2) is 0 Å².